The van der Waals surface area contributed by atoms with E-state index in [0.29, 0.717) is 23.3 Å². The summed E-state index contributed by atoms with van der Waals surface area (Å²) in [7, 11) is 0. The molecule has 0 unspecified atom stereocenters. The number of nitrogens with zero attached hydrogens (tertiary/aromatic N) is 3. The van der Waals surface area contributed by atoms with Crippen LogP contribution >= 0.6 is 11.3 Å². The van der Waals surface area contributed by atoms with E-state index in [1.54, 1.807) is 4.90 Å². The third-order valence-corrected chi connectivity index (χ3v) is 6.58. The molecular weight excluding hydrogens is 400 g/mol. The van der Waals surface area contributed by atoms with Crippen LogP contribution in [0.2, 0.25) is 0 Å². The van der Waals surface area contributed by atoms with Gasteiger partial charge in [-0.2, -0.15) is 0 Å². The number of hydrogen-bond acceptors (Lipinski definition) is 5. The van der Waals surface area contributed by atoms with Gasteiger partial charge in [0.05, 0.1) is 18.7 Å². The second-order valence-corrected chi connectivity index (χ2v) is 9.76. The van der Waals surface area contributed by atoms with Gasteiger partial charge < -0.3 is 15.1 Å². The van der Waals surface area contributed by atoms with Crippen LogP contribution in [-0.2, 0) is 20.8 Å². The van der Waals surface area contributed by atoms with Gasteiger partial charge in [-0.1, -0.05) is 33.1 Å². The quantitative estimate of drug-likeness (QED) is 0.680. The molecule has 8 heteroatoms. The predicted molar refractivity (Wildman–Crippen MR) is 118 cm³/mol. The third kappa shape index (κ3) is 6.52. The number of likely N-dealkylation sites (tertiary alicyclic amines) is 1. The maximum atomic E-state index is 13.0. The predicted octanol–water partition coefficient (Wildman–Crippen LogP) is 3.31. The first-order chi connectivity index (χ1) is 14.4. The maximum Gasteiger partial charge on any atom is 0.245 e. The molecule has 2 fully saturated rings. The van der Waals surface area contributed by atoms with Crippen LogP contribution < -0.4 is 5.32 Å². The Morgan fingerprint density at radius 1 is 1.17 bits per heavy atom. The SMILES string of the molecule is CC(C)CN(CC(=O)Nc1nc(CC(=O)N2CCCC2)cs1)C(=O)C1CCCCC1. The Kier molecular flexibility index (Phi) is 8.24. The lowest BCUT2D eigenvalue weighted by atomic mass is 9.88. The zero-order valence-corrected chi connectivity index (χ0v) is 19.0. The zero-order chi connectivity index (χ0) is 21.5. The molecule has 0 spiro atoms. The summed E-state index contributed by atoms with van der Waals surface area (Å²) in [4.78, 5) is 45.8. The lowest BCUT2D eigenvalue weighted by molar-refractivity contribution is -0.139. The lowest BCUT2D eigenvalue weighted by Crippen LogP contribution is -2.43. The summed E-state index contributed by atoms with van der Waals surface area (Å²) in [5.74, 6) is 0.319. The second kappa shape index (κ2) is 10.9. The molecule has 7 nitrogen and oxygen atoms in total. The molecule has 1 saturated heterocycles. The van der Waals surface area contributed by atoms with Crippen molar-refractivity contribution in [3.63, 3.8) is 0 Å². The van der Waals surface area contributed by atoms with E-state index in [1.165, 1.54) is 17.8 Å². The molecule has 1 aromatic heterocycles. The molecule has 1 aliphatic heterocycles. The highest BCUT2D eigenvalue weighted by Gasteiger charge is 2.28. The van der Waals surface area contributed by atoms with Gasteiger partial charge in [0.2, 0.25) is 17.7 Å². The minimum absolute atomic E-state index is 0.0494. The molecule has 3 rings (SSSR count). The van der Waals surface area contributed by atoms with E-state index in [0.717, 1.165) is 51.6 Å². The average molecular weight is 435 g/mol. The van der Waals surface area contributed by atoms with E-state index in [9.17, 15) is 14.4 Å². The van der Waals surface area contributed by atoms with Gasteiger partial charge in [0, 0.05) is 30.9 Å². The minimum Gasteiger partial charge on any atom is -0.342 e. The highest BCUT2D eigenvalue weighted by Crippen LogP contribution is 2.26. The lowest BCUT2D eigenvalue weighted by Gasteiger charge is -2.30. The van der Waals surface area contributed by atoms with Crippen LogP contribution in [0, 0.1) is 11.8 Å². The first kappa shape index (κ1) is 22.7. The van der Waals surface area contributed by atoms with Crippen molar-refractivity contribution in [3.05, 3.63) is 11.1 Å². The van der Waals surface area contributed by atoms with Gasteiger partial charge in [0.25, 0.3) is 0 Å². The fourth-order valence-electron chi connectivity index (χ4n) is 4.29. The molecule has 2 aliphatic rings. The number of carbonyl (C=O) groups is 3. The summed E-state index contributed by atoms with van der Waals surface area (Å²) in [6.45, 7) is 6.40. The van der Waals surface area contributed by atoms with E-state index in [2.05, 4.69) is 24.1 Å². The Hall–Kier alpha value is -1.96. The number of anilines is 1. The molecule has 166 valence electrons. The minimum atomic E-state index is -0.230. The number of rotatable bonds is 8. The highest BCUT2D eigenvalue weighted by atomic mass is 32.1. The third-order valence-electron chi connectivity index (χ3n) is 5.78. The Morgan fingerprint density at radius 3 is 2.53 bits per heavy atom. The molecule has 0 radical (unpaired) electrons. The van der Waals surface area contributed by atoms with Crippen molar-refractivity contribution in [1.29, 1.82) is 0 Å². The fraction of sp³-hybridized carbons (Fsp3) is 0.727. The van der Waals surface area contributed by atoms with Crippen molar-refractivity contribution in [1.82, 2.24) is 14.8 Å². The molecule has 2 heterocycles. The fourth-order valence-corrected chi connectivity index (χ4v) is 5.02. The molecule has 0 atom stereocenters. The van der Waals surface area contributed by atoms with Crippen LogP contribution in [0.3, 0.4) is 0 Å². The number of nitrogens with one attached hydrogen (secondary N) is 1. The van der Waals surface area contributed by atoms with Crippen LogP contribution in [0.1, 0.15) is 64.5 Å². The largest absolute Gasteiger partial charge is 0.342 e. The number of thiazole rings is 1. The van der Waals surface area contributed by atoms with Crippen molar-refractivity contribution >= 4 is 34.2 Å². The van der Waals surface area contributed by atoms with Crippen LogP contribution in [0.15, 0.2) is 5.38 Å². The Morgan fingerprint density at radius 2 is 1.87 bits per heavy atom. The standard InChI is InChI=1S/C22H34N4O3S/c1-16(2)13-26(21(29)17-8-4-3-5-9-17)14-19(27)24-22-23-18(15-30-22)12-20(28)25-10-6-7-11-25/h15-17H,3-14H2,1-2H3,(H,23,24,27). The van der Waals surface area contributed by atoms with Gasteiger partial charge in [0.1, 0.15) is 0 Å². The van der Waals surface area contributed by atoms with Crippen molar-refractivity contribution in [2.75, 3.05) is 31.5 Å². The number of carbonyl (C=O) groups excluding carboxylic acids is 3. The summed E-state index contributed by atoms with van der Waals surface area (Å²) in [5.41, 5.74) is 0.685. The van der Waals surface area contributed by atoms with Crippen LogP contribution in [0.5, 0.6) is 0 Å². The molecule has 1 saturated carbocycles. The topological polar surface area (TPSA) is 82.6 Å². The van der Waals surface area contributed by atoms with Crippen molar-refractivity contribution in [3.8, 4) is 0 Å². The summed E-state index contributed by atoms with van der Waals surface area (Å²) < 4.78 is 0. The van der Waals surface area contributed by atoms with Crippen molar-refractivity contribution in [2.24, 2.45) is 11.8 Å². The molecule has 1 aliphatic carbocycles. The first-order valence-corrected chi connectivity index (χ1v) is 12.1. The van der Waals surface area contributed by atoms with E-state index < -0.39 is 0 Å². The average Bonchev–Trinajstić information content (AvgIpc) is 3.39. The number of hydrogen-bond donors (Lipinski definition) is 1. The normalized spacial score (nSPS) is 17.4. The maximum absolute atomic E-state index is 13.0. The molecule has 1 N–H and O–H groups in total. The first-order valence-electron chi connectivity index (χ1n) is 11.2. The van der Waals surface area contributed by atoms with Gasteiger partial charge in [-0.05, 0) is 31.6 Å². The Labute approximate surface area is 183 Å². The number of aromatic nitrogens is 1. The molecule has 1 aromatic rings. The Balaban J connectivity index is 1.53. The molecule has 3 amide bonds. The zero-order valence-electron chi connectivity index (χ0n) is 18.2. The van der Waals surface area contributed by atoms with Gasteiger partial charge in [-0.25, -0.2) is 4.98 Å². The van der Waals surface area contributed by atoms with E-state index in [1.807, 2.05) is 10.3 Å². The Bertz CT molecular complexity index is 736. The van der Waals surface area contributed by atoms with Gasteiger partial charge in [0.15, 0.2) is 5.13 Å². The van der Waals surface area contributed by atoms with Gasteiger partial charge >= 0.3 is 0 Å². The molecule has 0 aromatic carbocycles. The van der Waals surface area contributed by atoms with Crippen molar-refractivity contribution < 1.29 is 14.4 Å². The molecule has 30 heavy (non-hydrogen) atoms. The summed E-state index contributed by atoms with van der Waals surface area (Å²) in [6, 6.07) is 0. The molecule has 0 bridgehead atoms. The summed E-state index contributed by atoms with van der Waals surface area (Å²) in [6.07, 6.45) is 7.64. The van der Waals surface area contributed by atoms with Gasteiger partial charge in [-0.15, -0.1) is 11.3 Å². The van der Waals surface area contributed by atoms with E-state index in [-0.39, 0.29) is 36.6 Å². The van der Waals surface area contributed by atoms with E-state index in [4.69, 9.17) is 0 Å². The molecular formula is C22H34N4O3S. The smallest absolute Gasteiger partial charge is 0.245 e. The second-order valence-electron chi connectivity index (χ2n) is 8.90. The monoisotopic (exact) mass is 434 g/mol. The van der Waals surface area contributed by atoms with Crippen LogP contribution in [0.4, 0.5) is 5.13 Å². The van der Waals surface area contributed by atoms with E-state index >= 15 is 0 Å². The summed E-state index contributed by atoms with van der Waals surface area (Å²) in [5, 5.41) is 5.12. The van der Waals surface area contributed by atoms with Crippen molar-refractivity contribution in [2.45, 2.75) is 65.2 Å². The van der Waals surface area contributed by atoms with Crippen LogP contribution in [-0.4, -0.2) is 58.7 Å². The summed E-state index contributed by atoms with van der Waals surface area (Å²) >= 11 is 1.32. The van der Waals surface area contributed by atoms with Crippen LogP contribution in [0.25, 0.3) is 0 Å². The number of amides is 3. The van der Waals surface area contributed by atoms with Gasteiger partial charge in [-0.3, -0.25) is 14.4 Å². The highest BCUT2D eigenvalue weighted by molar-refractivity contribution is 7.13.